The molecule has 0 aliphatic carbocycles. The van der Waals surface area contributed by atoms with Crippen molar-refractivity contribution >= 4 is 56.5 Å². The lowest BCUT2D eigenvalue weighted by molar-refractivity contribution is 0.455. The summed E-state index contributed by atoms with van der Waals surface area (Å²) in [6, 6.07) is 11.6. The van der Waals surface area contributed by atoms with Gasteiger partial charge in [0.25, 0.3) is 10.1 Å². The van der Waals surface area contributed by atoms with Crippen LogP contribution in [0.5, 0.6) is 11.5 Å². The van der Waals surface area contributed by atoms with Gasteiger partial charge in [0, 0.05) is 21.7 Å². The maximum atomic E-state index is 12.9. The number of phenols is 2. The summed E-state index contributed by atoms with van der Waals surface area (Å²) < 4.78 is 34.0. The number of rotatable bonds is 4. The molecule has 5 nitrogen and oxygen atoms in total. The monoisotopic (exact) mass is 492 g/mol. The van der Waals surface area contributed by atoms with Crippen molar-refractivity contribution < 1.29 is 23.2 Å². The van der Waals surface area contributed by atoms with Crippen LogP contribution < -0.4 is 0 Å². The molecule has 0 saturated heterocycles. The Morgan fingerprint density at radius 2 is 1.31 bits per heavy atom. The summed E-state index contributed by atoms with van der Waals surface area (Å²) in [5.74, 6) is -0.781. The second-order valence-electron chi connectivity index (χ2n) is 6.12. The molecule has 1 atom stereocenters. The first-order valence-corrected chi connectivity index (χ1v) is 10.8. The molecule has 1 unspecified atom stereocenters. The predicted octanol–water partition coefficient (Wildman–Crippen LogP) is 5.89. The molecule has 0 amide bonds. The number of phenolic OH excluding ortho intramolecular Hbond substituents is 2. The Morgan fingerprint density at radius 3 is 1.86 bits per heavy atom. The zero-order valence-corrected chi connectivity index (χ0v) is 18.1. The van der Waals surface area contributed by atoms with E-state index in [2.05, 4.69) is 0 Å². The number of aromatic hydroxyl groups is 2. The van der Waals surface area contributed by atoms with Crippen LogP contribution in [0.2, 0.25) is 20.1 Å². The van der Waals surface area contributed by atoms with E-state index in [1.807, 2.05) is 0 Å². The average Bonchev–Trinajstić information content (AvgIpc) is 2.62. The maximum Gasteiger partial charge on any atom is 0.283 e. The summed E-state index contributed by atoms with van der Waals surface area (Å²) >= 11 is 24.3. The molecule has 3 aromatic rings. The smallest absolute Gasteiger partial charge is 0.283 e. The highest BCUT2D eigenvalue weighted by atomic mass is 35.5. The predicted molar refractivity (Wildman–Crippen MR) is 114 cm³/mol. The third-order valence-electron chi connectivity index (χ3n) is 4.39. The topological polar surface area (TPSA) is 94.8 Å². The Hall–Kier alpha value is -1.67. The number of hydrogen-bond acceptors (Lipinski definition) is 4. The van der Waals surface area contributed by atoms with Gasteiger partial charge in [0.2, 0.25) is 0 Å². The van der Waals surface area contributed by atoms with Gasteiger partial charge in [-0.3, -0.25) is 4.55 Å². The molecule has 0 bridgehead atoms. The highest BCUT2D eigenvalue weighted by molar-refractivity contribution is 7.87. The van der Waals surface area contributed by atoms with Crippen molar-refractivity contribution in [1.29, 1.82) is 0 Å². The molecule has 0 fully saturated rings. The van der Waals surface area contributed by atoms with E-state index in [4.69, 9.17) is 46.4 Å². The van der Waals surface area contributed by atoms with Crippen molar-refractivity contribution in [3.8, 4) is 11.5 Å². The Bertz CT molecular complexity index is 1200. The SMILES string of the molecule is O=S(=O)(O)C(c1ccc(Cl)cc1)(c1ccc(O)c(Cl)c1)c1cc(Cl)cc(O)c1Cl. The maximum absolute atomic E-state index is 12.9. The largest absolute Gasteiger partial charge is 0.506 e. The first-order chi connectivity index (χ1) is 13.5. The van der Waals surface area contributed by atoms with Crippen LogP contribution in [-0.4, -0.2) is 23.2 Å². The summed E-state index contributed by atoms with van der Waals surface area (Å²) in [6.07, 6.45) is 0. The highest BCUT2D eigenvalue weighted by Gasteiger charge is 2.50. The molecule has 0 aromatic heterocycles. The van der Waals surface area contributed by atoms with Crippen LogP contribution in [0.15, 0.2) is 54.6 Å². The molecule has 0 aliphatic rings. The van der Waals surface area contributed by atoms with E-state index >= 15 is 0 Å². The normalized spacial score (nSPS) is 13.8. The van der Waals surface area contributed by atoms with Crippen LogP contribution in [0, 0.1) is 0 Å². The van der Waals surface area contributed by atoms with Crippen molar-refractivity contribution in [2.24, 2.45) is 0 Å². The lowest BCUT2D eigenvalue weighted by Gasteiger charge is -2.33. The molecular formula is C19H12Cl4O5S. The molecule has 0 spiro atoms. The highest BCUT2D eigenvalue weighted by Crippen LogP contribution is 2.50. The van der Waals surface area contributed by atoms with Crippen molar-refractivity contribution in [3.63, 3.8) is 0 Å². The Labute approximate surface area is 186 Å². The summed E-state index contributed by atoms with van der Waals surface area (Å²) in [5.41, 5.74) is -0.209. The van der Waals surface area contributed by atoms with Crippen LogP contribution in [0.4, 0.5) is 0 Å². The van der Waals surface area contributed by atoms with Crippen LogP contribution in [0.1, 0.15) is 16.7 Å². The third-order valence-corrected chi connectivity index (χ3v) is 7.02. The molecule has 0 radical (unpaired) electrons. The van der Waals surface area contributed by atoms with Gasteiger partial charge in [0.15, 0.2) is 4.75 Å². The van der Waals surface area contributed by atoms with Crippen molar-refractivity contribution in [1.82, 2.24) is 0 Å². The lowest BCUT2D eigenvalue weighted by atomic mass is 9.83. The first kappa shape index (κ1) is 22.0. The van der Waals surface area contributed by atoms with Crippen LogP contribution in [-0.2, 0) is 14.9 Å². The van der Waals surface area contributed by atoms with Gasteiger partial charge in [-0.2, -0.15) is 8.42 Å². The molecule has 152 valence electrons. The summed E-state index contributed by atoms with van der Waals surface area (Å²) in [5, 5.41) is 19.8. The second kappa shape index (κ2) is 7.87. The van der Waals surface area contributed by atoms with Gasteiger partial charge < -0.3 is 10.2 Å². The fourth-order valence-corrected chi connectivity index (χ4v) is 5.28. The minimum atomic E-state index is -5.02. The molecule has 3 aromatic carbocycles. The lowest BCUT2D eigenvalue weighted by Crippen LogP contribution is -2.38. The summed E-state index contributed by atoms with van der Waals surface area (Å²) in [4.78, 5) is 0. The van der Waals surface area contributed by atoms with E-state index in [1.54, 1.807) is 0 Å². The van der Waals surface area contributed by atoms with Gasteiger partial charge in [-0.05, 0) is 41.5 Å². The van der Waals surface area contributed by atoms with Crippen LogP contribution in [0.3, 0.4) is 0 Å². The van der Waals surface area contributed by atoms with E-state index < -0.39 is 20.6 Å². The first-order valence-electron chi connectivity index (χ1n) is 7.89. The molecule has 29 heavy (non-hydrogen) atoms. The van der Waals surface area contributed by atoms with Crippen molar-refractivity contribution in [2.45, 2.75) is 4.75 Å². The standard InChI is InChI=1S/C19H12Cl4O5S/c20-12-4-1-10(2-5-12)19(29(26,27)28,11-3-6-16(24)15(22)7-11)14-8-13(21)9-17(25)18(14)23/h1-9,24-25H,(H,26,27,28). The fraction of sp³-hybridized carbons (Fsp3) is 0.0526. The Kier molecular flexibility index (Phi) is 5.98. The molecular weight excluding hydrogens is 482 g/mol. The van der Waals surface area contributed by atoms with Gasteiger partial charge in [-0.25, -0.2) is 0 Å². The number of benzene rings is 3. The minimum absolute atomic E-state index is 0.0197. The van der Waals surface area contributed by atoms with Crippen molar-refractivity contribution in [3.05, 3.63) is 91.4 Å². The molecule has 0 aliphatic heterocycles. The zero-order chi connectivity index (χ0) is 21.6. The van der Waals surface area contributed by atoms with E-state index in [1.165, 1.54) is 48.5 Å². The zero-order valence-electron chi connectivity index (χ0n) is 14.3. The molecule has 0 saturated carbocycles. The van der Waals surface area contributed by atoms with Crippen LogP contribution in [0.25, 0.3) is 0 Å². The molecule has 0 heterocycles. The summed E-state index contributed by atoms with van der Waals surface area (Å²) in [7, 11) is -5.02. The number of halogens is 4. The quantitative estimate of drug-likeness (QED) is 0.311. The third kappa shape index (κ3) is 3.77. The van der Waals surface area contributed by atoms with E-state index in [0.717, 1.165) is 6.07 Å². The minimum Gasteiger partial charge on any atom is -0.506 e. The molecule has 3 N–H and O–H groups in total. The molecule has 3 rings (SSSR count). The summed E-state index contributed by atoms with van der Waals surface area (Å²) in [6.45, 7) is 0. The van der Waals surface area contributed by atoms with E-state index in [9.17, 15) is 23.2 Å². The molecule has 10 heteroatoms. The average molecular weight is 494 g/mol. The van der Waals surface area contributed by atoms with E-state index in [-0.39, 0.29) is 37.5 Å². The van der Waals surface area contributed by atoms with Gasteiger partial charge in [0.1, 0.15) is 11.5 Å². The number of hydrogen-bond donors (Lipinski definition) is 3. The van der Waals surface area contributed by atoms with Gasteiger partial charge >= 0.3 is 0 Å². The Morgan fingerprint density at radius 1 is 0.724 bits per heavy atom. The van der Waals surface area contributed by atoms with Gasteiger partial charge in [-0.15, -0.1) is 0 Å². The van der Waals surface area contributed by atoms with Gasteiger partial charge in [0.05, 0.1) is 10.0 Å². The second-order valence-corrected chi connectivity index (χ2v) is 9.34. The fourth-order valence-electron chi connectivity index (χ4n) is 3.16. The van der Waals surface area contributed by atoms with Crippen LogP contribution >= 0.6 is 46.4 Å². The van der Waals surface area contributed by atoms with Gasteiger partial charge in [-0.1, -0.05) is 64.6 Å². The Balaban J connectivity index is 2.58. The van der Waals surface area contributed by atoms with E-state index in [0.29, 0.717) is 5.02 Å². The van der Waals surface area contributed by atoms with Crippen molar-refractivity contribution in [2.75, 3.05) is 0 Å².